The maximum absolute atomic E-state index is 11.6. The summed E-state index contributed by atoms with van der Waals surface area (Å²) in [5.41, 5.74) is 0.662. The number of hydrogen-bond donors (Lipinski definition) is 3. The molecule has 4 nitrogen and oxygen atoms in total. The summed E-state index contributed by atoms with van der Waals surface area (Å²) in [6.45, 7) is 0. The maximum Gasteiger partial charge on any atom is 0.335 e. The largest absolute Gasteiger partial charge is 0.478 e. The fraction of sp³-hybridized carbons (Fsp3) is 0.200. The lowest BCUT2D eigenvalue weighted by Crippen LogP contribution is -2.67. The Morgan fingerprint density at radius 2 is 1.88 bits per heavy atom. The van der Waals surface area contributed by atoms with Gasteiger partial charge in [0.2, 0.25) is 0 Å². The molecule has 0 bridgehead atoms. The van der Waals surface area contributed by atoms with Crippen LogP contribution in [0.25, 0.3) is 0 Å². The van der Waals surface area contributed by atoms with Crippen LogP contribution in [0.4, 0.5) is 5.69 Å². The molecule has 0 saturated carbocycles. The second-order valence-corrected chi connectivity index (χ2v) is 5.73. The molecule has 1 fully saturated rings. The Hall–Kier alpha value is -0.850. The van der Waals surface area contributed by atoms with Gasteiger partial charge in [-0.15, -0.1) is 36.9 Å². The summed E-state index contributed by atoms with van der Waals surface area (Å²) in [7, 11) is 0. The number of nitrogens with zero attached hydrogens (tertiary/aromatic N) is 1. The highest BCUT2D eigenvalue weighted by Gasteiger charge is 2.56. The van der Waals surface area contributed by atoms with Gasteiger partial charge >= 0.3 is 5.97 Å². The van der Waals surface area contributed by atoms with E-state index in [4.69, 9.17) is 16.7 Å². The summed E-state index contributed by atoms with van der Waals surface area (Å²) in [4.78, 5) is 23.6. The van der Waals surface area contributed by atoms with Crippen molar-refractivity contribution < 1.29 is 14.7 Å². The zero-order chi connectivity index (χ0) is 12.8. The molecule has 90 valence electrons. The standard InChI is InChI=1S/C10H8ClNO3S2/c11-7-8(13)12(10(7,16)17)6-3-1-5(2-4-6)9(14)15/h1-4,7,16-17H,(H,14,15). The van der Waals surface area contributed by atoms with Crippen molar-refractivity contribution >= 4 is 54.4 Å². The molecule has 17 heavy (non-hydrogen) atoms. The molecule has 1 aliphatic rings. The second kappa shape index (κ2) is 4.12. The molecule has 0 aromatic heterocycles. The highest BCUT2D eigenvalue weighted by molar-refractivity contribution is 8.01. The topological polar surface area (TPSA) is 57.6 Å². The molecule has 1 aromatic rings. The summed E-state index contributed by atoms with van der Waals surface area (Å²) < 4.78 is -1.05. The van der Waals surface area contributed by atoms with E-state index >= 15 is 0 Å². The van der Waals surface area contributed by atoms with Crippen LogP contribution < -0.4 is 4.90 Å². The molecule has 1 N–H and O–H groups in total. The average molecular weight is 290 g/mol. The number of carboxylic acid groups (broad SMARTS) is 1. The fourth-order valence-corrected chi connectivity index (χ4v) is 2.40. The number of carboxylic acids is 1. The van der Waals surface area contributed by atoms with Crippen molar-refractivity contribution in [3.05, 3.63) is 29.8 Å². The number of benzene rings is 1. The van der Waals surface area contributed by atoms with Gasteiger partial charge in [0.05, 0.1) is 5.56 Å². The lowest BCUT2D eigenvalue weighted by atomic mass is 10.1. The number of carbonyl (C=O) groups excluding carboxylic acids is 1. The summed E-state index contributed by atoms with van der Waals surface area (Å²) in [5.74, 6) is -1.33. The van der Waals surface area contributed by atoms with Crippen LogP contribution in [0.3, 0.4) is 0 Å². The molecule has 7 heteroatoms. The van der Waals surface area contributed by atoms with Gasteiger partial charge in [0.15, 0.2) is 9.58 Å². The molecule has 0 spiro atoms. The van der Waals surface area contributed by atoms with E-state index < -0.39 is 15.5 Å². The number of alkyl halides is 1. The lowest BCUT2D eigenvalue weighted by molar-refractivity contribution is -0.122. The minimum absolute atomic E-state index is 0.146. The van der Waals surface area contributed by atoms with Gasteiger partial charge in [-0.05, 0) is 24.3 Å². The molecular formula is C10H8ClNO3S2. The van der Waals surface area contributed by atoms with Crippen molar-refractivity contribution in [2.75, 3.05) is 4.90 Å². The van der Waals surface area contributed by atoms with Crippen LogP contribution in [0, 0.1) is 0 Å². The van der Waals surface area contributed by atoms with Crippen LogP contribution in [0.15, 0.2) is 24.3 Å². The Balaban J connectivity index is 2.30. The molecular weight excluding hydrogens is 282 g/mol. The van der Waals surface area contributed by atoms with E-state index in [1.807, 2.05) is 0 Å². The predicted molar refractivity (Wildman–Crippen MR) is 71.2 cm³/mol. The van der Waals surface area contributed by atoms with Crippen molar-refractivity contribution in [1.29, 1.82) is 0 Å². The van der Waals surface area contributed by atoms with Gasteiger partial charge in [0, 0.05) is 5.69 Å². The third kappa shape index (κ3) is 1.90. The van der Waals surface area contributed by atoms with Crippen molar-refractivity contribution in [1.82, 2.24) is 0 Å². The predicted octanol–water partition coefficient (Wildman–Crippen LogP) is 1.85. The molecule has 1 unspecified atom stereocenters. The Labute approximate surface area is 113 Å². The van der Waals surface area contributed by atoms with E-state index in [1.165, 1.54) is 29.2 Å². The van der Waals surface area contributed by atoms with Crippen LogP contribution in [-0.2, 0) is 4.79 Å². The summed E-state index contributed by atoms with van der Waals surface area (Å²) in [6.07, 6.45) is 0. The zero-order valence-electron chi connectivity index (χ0n) is 8.37. The number of halogens is 1. The third-order valence-electron chi connectivity index (χ3n) is 2.48. The number of carbonyl (C=O) groups is 2. The van der Waals surface area contributed by atoms with Crippen LogP contribution in [0.2, 0.25) is 0 Å². The van der Waals surface area contributed by atoms with Gasteiger partial charge in [0.25, 0.3) is 5.91 Å². The van der Waals surface area contributed by atoms with Crippen LogP contribution in [0.5, 0.6) is 0 Å². The molecule has 1 saturated heterocycles. The zero-order valence-corrected chi connectivity index (χ0v) is 10.9. The minimum atomic E-state index is -1.05. The van der Waals surface area contributed by atoms with E-state index in [-0.39, 0.29) is 11.5 Å². The van der Waals surface area contributed by atoms with Crippen molar-refractivity contribution in [2.24, 2.45) is 0 Å². The lowest BCUT2D eigenvalue weighted by Gasteiger charge is -2.49. The van der Waals surface area contributed by atoms with Crippen LogP contribution in [-0.4, -0.2) is 26.6 Å². The first-order chi connectivity index (χ1) is 7.85. The number of anilines is 1. The van der Waals surface area contributed by atoms with E-state index in [2.05, 4.69) is 25.3 Å². The number of β-lactam (4-membered cyclic amide) rings is 1. The fourth-order valence-electron chi connectivity index (χ4n) is 1.56. The first kappa shape index (κ1) is 12.6. The molecule has 0 radical (unpaired) electrons. The average Bonchev–Trinajstić information content (AvgIpc) is 2.29. The quantitative estimate of drug-likeness (QED) is 0.337. The molecule has 1 aromatic carbocycles. The normalized spacial score (nSPS) is 22.2. The van der Waals surface area contributed by atoms with Gasteiger partial charge in [0.1, 0.15) is 0 Å². The van der Waals surface area contributed by atoms with Crippen LogP contribution >= 0.6 is 36.9 Å². The van der Waals surface area contributed by atoms with Gasteiger partial charge in [-0.25, -0.2) is 4.79 Å². The van der Waals surface area contributed by atoms with Crippen molar-refractivity contribution in [2.45, 2.75) is 9.58 Å². The Morgan fingerprint density at radius 1 is 1.35 bits per heavy atom. The number of rotatable bonds is 2. The summed E-state index contributed by atoms with van der Waals surface area (Å²) >= 11 is 14.2. The molecule has 1 aliphatic heterocycles. The Morgan fingerprint density at radius 3 is 2.29 bits per heavy atom. The molecule has 0 aliphatic carbocycles. The third-order valence-corrected chi connectivity index (χ3v) is 4.20. The van der Waals surface area contributed by atoms with Gasteiger partial charge in [-0.3, -0.25) is 9.69 Å². The highest BCUT2D eigenvalue weighted by atomic mass is 35.5. The molecule has 2 rings (SSSR count). The molecule has 1 amide bonds. The summed E-state index contributed by atoms with van der Waals surface area (Å²) in [5, 5.41) is 7.95. The first-order valence-electron chi connectivity index (χ1n) is 4.62. The monoisotopic (exact) mass is 289 g/mol. The van der Waals surface area contributed by atoms with Crippen molar-refractivity contribution in [3.8, 4) is 0 Å². The van der Waals surface area contributed by atoms with Gasteiger partial charge in [-0.1, -0.05) is 0 Å². The van der Waals surface area contributed by atoms with Gasteiger partial charge in [-0.2, -0.15) is 0 Å². The number of amides is 1. The smallest absolute Gasteiger partial charge is 0.335 e. The second-order valence-electron chi connectivity index (χ2n) is 3.58. The first-order valence-corrected chi connectivity index (χ1v) is 5.95. The van der Waals surface area contributed by atoms with E-state index in [0.717, 1.165) is 0 Å². The number of hydrogen-bond acceptors (Lipinski definition) is 4. The summed E-state index contributed by atoms with van der Waals surface area (Å²) in [6, 6.07) is 5.85. The number of thiol groups is 2. The van der Waals surface area contributed by atoms with E-state index in [1.54, 1.807) is 0 Å². The Bertz CT molecular complexity index is 489. The molecule has 1 atom stereocenters. The van der Waals surface area contributed by atoms with E-state index in [9.17, 15) is 9.59 Å². The highest BCUT2D eigenvalue weighted by Crippen LogP contribution is 2.45. The van der Waals surface area contributed by atoms with Crippen molar-refractivity contribution in [3.63, 3.8) is 0 Å². The number of aromatic carboxylic acids is 1. The minimum Gasteiger partial charge on any atom is -0.478 e. The SMILES string of the molecule is O=C(O)c1ccc(N2C(=O)C(Cl)C2(S)S)cc1. The van der Waals surface area contributed by atoms with Crippen LogP contribution in [0.1, 0.15) is 10.4 Å². The Kier molecular flexibility index (Phi) is 3.05. The van der Waals surface area contributed by atoms with Gasteiger partial charge < -0.3 is 5.11 Å². The maximum atomic E-state index is 11.6. The van der Waals surface area contributed by atoms with E-state index in [0.29, 0.717) is 5.69 Å². The molecule has 1 heterocycles.